The zero-order valence-corrected chi connectivity index (χ0v) is 12.5. The third-order valence-corrected chi connectivity index (χ3v) is 4.38. The van der Waals surface area contributed by atoms with E-state index in [0.717, 1.165) is 22.3 Å². The fourth-order valence-corrected chi connectivity index (χ4v) is 3.11. The smallest absolute Gasteiger partial charge is 0.174 e. The van der Waals surface area contributed by atoms with E-state index < -0.39 is 11.8 Å². The summed E-state index contributed by atoms with van der Waals surface area (Å²) >= 11 is 0. The highest BCUT2D eigenvalue weighted by Gasteiger charge is 2.45. The standard InChI is InChI=1S/C19H17N3O/c20-18-19(21,16-9-10-22-12-17(16)23-18)15-8-4-7-14(11-15)13-5-2-1-3-6-13/h1-12,18H,20-21H2. The van der Waals surface area contributed by atoms with Crippen LogP contribution in [0.1, 0.15) is 11.1 Å². The van der Waals surface area contributed by atoms with Gasteiger partial charge in [0.2, 0.25) is 0 Å². The summed E-state index contributed by atoms with van der Waals surface area (Å²) in [6.45, 7) is 0. The van der Waals surface area contributed by atoms with Gasteiger partial charge in [-0.3, -0.25) is 10.7 Å². The first-order chi connectivity index (χ1) is 11.2. The van der Waals surface area contributed by atoms with Gasteiger partial charge in [-0.25, -0.2) is 0 Å². The van der Waals surface area contributed by atoms with Gasteiger partial charge in [0.15, 0.2) is 6.23 Å². The third kappa shape index (κ3) is 2.11. The number of benzene rings is 2. The minimum absolute atomic E-state index is 0.646. The minimum atomic E-state index is -0.886. The second-order valence-corrected chi connectivity index (χ2v) is 5.73. The Kier molecular flexibility index (Phi) is 3.15. The van der Waals surface area contributed by atoms with Crippen molar-refractivity contribution in [3.05, 3.63) is 84.2 Å². The fraction of sp³-hybridized carbons (Fsp3) is 0.105. The van der Waals surface area contributed by atoms with Crippen LogP contribution in [0.3, 0.4) is 0 Å². The van der Waals surface area contributed by atoms with Crippen molar-refractivity contribution in [3.8, 4) is 16.9 Å². The number of pyridine rings is 1. The number of ether oxygens (including phenoxy) is 1. The molecule has 4 N–H and O–H groups in total. The Morgan fingerprint density at radius 2 is 1.74 bits per heavy atom. The summed E-state index contributed by atoms with van der Waals surface area (Å²) in [5.41, 5.74) is 16.1. The molecule has 2 aromatic carbocycles. The van der Waals surface area contributed by atoms with Gasteiger partial charge in [-0.2, -0.15) is 0 Å². The second-order valence-electron chi connectivity index (χ2n) is 5.73. The number of fused-ring (bicyclic) bond motifs is 1. The van der Waals surface area contributed by atoms with Crippen LogP contribution < -0.4 is 16.2 Å². The summed E-state index contributed by atoms with van der Waals surface area (Å²) in [6, 6.07) is 20.2. The molecular weight excluding hydrogens is 286 g/mol. The molecule has 0 amide bonds. The van der Waals surface area contributed by atoms with E-state index >= 15 is 0 Å². The van der Waals surface area contributed by atoms with E-state index in [1.807, 2.05) is 36.4 Å². The van der Waals surface area contributed by atoms with Crippen LogP contribution in [0, 0.1) is 0 Å². The molecule has 2 heterocycles. The molecule has 0 aliphatic carbocycles. The first-order valence-electron chi connectivity index (χ1n) is 7.51. The molecule has 0 fully saturated rings. The van der Waals surface area contributed by atoms with Crippen molar-refractivity contribution in [1.82, 2.24) is 4.98 Å². The summed E-state index contributed by atoms with van der Waals surface area (Å²) in [5.74, 6) is 0.646. The Bertz CT molecular complexity index is 850. The molecule has 2 atom stereocenters. The van der Waals surface area contributed by atoms with Gasteiger partial charge < -0.3 is 10.5 Å². The van der Waals surface area contributed by atoms with E-state index in [-0.39, 0.29) is 0 Å². The highest BCUT2D eigenvalue weighted by Crippen LogP contribution is 2.42. The molecule has 3 aromatic rings. The zero-order chi connectivity index (χ0) is 15.9. The maximum Gasteiger partial charge on any atom is 0.174 e. The Morgan fingerprint density at radius 1 is 0.957 bits per heavy atom. The van der Waals surface area contributed by atoms with Crippen molar-refractivity contribution < 1.29 is 4.74 Å². The highest BCUT2D eigenvalue weighted by molar-refractivity contribution is 5.65. The van der Waals surface area contributed by atoms with Gasteiger partial charge in [-0.05, 0) is 28.8 Å². The average Bonchev–Trinajstić information content (AvgIpc) is 2.88. The van der Waals surface area contributed by atoms with E-state index in [0.29, 0.717) is 5.75 Å². The monoisotopic (exact) mass is 303 g/mol. The quantitative estimate of drug-likeness (QED) is 0.763. The van der Waals surface area contributed by atoms with E-state index in [4.69, 9.17) is 16.2 Å². The number of hydrogen-bond acceptors (Lipinski definition) is 4. The number of aromatic nitrogens is 1. The molecule has 2 unspecified atom stereocenters. The van der Waals surface area contributed by atoms with Gasteiger partial charge in [0.25, 0.3) is 0 Å². The third-order valence-electron chi connectivity index (χ3n) is 4.38. The summed E-state index contributed by atoms with van der Waals surface area (Å²) in [4.78, 5) is 4.08. The molecular formula is C19H17N3O. The van der Waals surface area contributed by atoms with Crippen LogP contribution in [0.15, 0.2) is 73.1 Å². The van der Waals surface area contributed by atoms with Crippen molar-refractivity contribution in [3.63, 3.8) is 0 Å². The van der Waals surface area contributed by atoms with Crippen LogP contribution in [0.4, 0.5) is 0 Å². The molecule has 1 aliphatic heterocycles. The van der Waals surface area contributed by atoms with E-state index in [2.05, 4.69) is 29.2 Å². The van der Waals surface area contributed by atoms with Gasteiger partial charge in [0.05, 0.1) is 6.20 Å². The SMILES string of the molecule is NC1Oc2cnccc2C1(N)c1cccc(-c2ccccc2)c1. The predicted molar refractivity (Wildman–Crippen MR) is 89.7 cm³/mol. The molecule has 4 rings (SSSR count). The van der Waals surface area contributed by atoms with E-state index in [1.54, 1.807) is 12.4 Å². The molecule has 1 aromatic heterocycles. The number of nitrogens with two attached hydrogens (primary N) is 2. The fourth-order valence-electron chi connectivity index (χ4n) is 3.11. The molecule has 0 bridgehead atoms. The van der Waals surface area contributed by atoms with Crippen molar-refractivity contribution >= 4 is 0 Å². The lowest BCUT2D eigenvalue weighted by molar-refractivity contribution is 0.177. The van der Waals surface area contributed by atoms with Crippen molar-refractivity contribution in [2.45, 2.75) is 11.8 Å². The molecule has 0 saturated heterocycles. The van der Waals surface area contributed by atoms with Crippen LogP contribution in [0.5, 0.6) is 5.75 Å². The second kappa shape index (κ2) is 5.19. The topological polar surface area (TPSA) is 74.2 Å². The lowest BCUT2D eigenvalue weighted by atomic mass is 9.83. The molecule has 1 aliphatic rings. The Labute approximate surface area is 134 Å². The van der Waals surface area contributed by atoms with E-state index in [9.17, 15) is 0 Å². The predicted octanol–water partition coefficient (Wildman–Crippen LogP) is 2.63. The summed E-state index contributed by atoms with van der Waals surface area (Å²) in [5, 5.41) is 0. The number of rotatable bonds is 2. The summed E-state index contributed by atoms with van der Waals surface area (Å²) in [7, 11) is 0. The van der Waals surface area contributed by atoms with Gasteiger partial charge in [-0.1, -0.05) is 48.5 Å². The molecule has 4 heteroatoms. The first kappa shape index (κ1) is 13.9. The molecule has 0 spiro atoms. The minimum Gasteiger partial charge on any atom is -0.471 e. The van der Waals surface area contributed by atoms with Crippen LogP contribution in [0.25, 0.3) is 11.1 Å². The van der Waals surface area contributed by atoms with Gasteiger partial charge >= 0.3 is 0 Å². The molecule has 0 saturated carbocycles. The summed E-state index contributed by atoms with van der Waals surface area (Å²) in [6.07, 6.45) is 2.72. The highest BCUT2D eigenvalue weighted by atomic mass is 16.5. The Balaban J connectivity index is 1.85. The van der Waals surface area contributed by atoms with Gasteiger partial charge in [0.1, 0.15) is 11.3 Å². The van der Waals surface area contributed by atoms with Crippen LogP contribution in [-0.2, 0) is 5.54 Å². The zero-order valence-electron chi connectivity index (χ0n) is 12.5. The Hall–Kier alpha value is -2.69. The first-order valence-corrected chi connectivity index (χ1v) is 7.51. The van der Waals surface area contributed by atoms with Crippen LogP contribution in [0.2, 0.25) is 0 Å². The van der Waals surface area contributed by atoms with Crippen LogP contribution in [-0.4, -0.2) is 11.2 Å². The largest absolute Gasteiger partial charge is 0.471 e. The Morgan fingerprint density at radius 3 is 2.57 bits per heavy atom. The van der Waals surface area contributed by atoms with Crippen molar-refractivity contribution in [1.29, 1.82) is 0 Å². The number of hydrogen-bond donors (Lipinski definition) is 2. The molecule has 114 valence electrons. The average molecular weight is 303 g/mol. The van der Waals surface area contributed by atoms with E-state index in [1.165, 1.54) is 0 Å². The lowest BCUT2D eigenvalue weighted by Crippen LogP contribution is -2.52. The van der Waals surface area contributed by atoms with Crippen molar-refractivity contribution in [2.24, 2.45) is 11.5 Å². The summed E-state index contributed by atoms with van der Waals surface area (Å²) < 4.78 is 5.71. The van der Waals surface area contributed by atoms with Gasteiger partial charge in [0, 0.05) is 11.8 Å². The maximum absolute atomic E-state index is 6.70. The van der Waals surface area contributed by atoms with Gasteiger partial charge in [-0.15, -0.1) is 0 Å². The maximum atomic E-state index is 6.70. The van der Waals surface area contributed by atoms with Crippen molar-refractivity contribution in [2.75, 3.05) is 0 Å². The number of nitrogens with zero attached hydrogens (tertiary/aromatic N) is 1. The van der Waals surface area contributed by atoms with Crippen LogP contribution >= 0.6 is 0 Å². The normalized spacial score (nSPS) is 22.4. The lowest BCUT2D eigenvalue weighted by Gasteiger charge is -2.28. The molecule has 23 heavy (non-hydrogen) atoms. The molecule has 4 nitrogen and oxygen atoms in total. The molecule has 0 radical (unpaired) electrons.